The van der Waals surface area contributed by atoms with Crippen molar-refractivity contribution in [3.8, 4) is 0 Å². The quantitative estimate of drug-likeness (QED) is 0.811. The van der Waals surface area contributed by atoms with Gasteiger partial charge in [0, 0.05) is 32.0 Å². The molecule has 3 rings (SSSR count). The van der Waals surface area contributed by atoms with Crippen molar-refractivity contribution in [1.29, 1.82) is 0 Å². The van der Waals surface area contributed by atoms with Gasteiger partial charge in [0.05, 0.1) is 31.4 Å². The van der Waals surface area contributed by atoms with Gasteiger partial charge in [0.1, 0.15) is 5.82 Å². The van der Waals surface area contributed by atoms with E-state index in [2.05, 4.69) is 21.8 Å². The molecule has 2 atom stereocenters. The first-order valence-electron chi connectivity index (χ1n) is 7.65. The summed E-state index contributed by atoms with van der Waals surface area (Å²) in [4.78, 5) is 25.4. The molecule has 2 aliphatic heterocycles. The lowest BCUT2D eigenvalue weighted by molar-refractivity contribution is -0.143. The summed E-state index contributed by atoms with van der Waals surface area (Å²) in [6, 6.07) is 0.179. The SMILES string of the molecule is CC1COCCN1C(=O)C1CCCN(c2cnccn2)C1. The second-order valence-electron chi connectivity index (χ2n) is 5.80. The van der Waals surface area contributed by atoms with Gasteiger partial charge in [-0.05, 0) is 19.8 Å². The van der Waals surface area contributed by atoms with Crippen LogP contribution in [0.4, 0.5) is 5.82 Å². The van der Waals surface area contributed by atoms with Gasteiger partial charge in [-0.15, -0.1) is 0 Å². The Bertz CT molecular complexity index is 482. The molecule has 2 unspecified atom stereocenters. The molecule has 0 N–H and O–H groups in total. The van der Waals surface area contributed by atoms with Crippen LogP contribution in [0, 0.1) is 5.92 Å². The number of hydrogen-bond acceptors (Lipinski definition) is 5. The highest BCUT2D eigenvalue weighted by Crippen LogP contribution is 2.23. The number of piperidine rings is 1. The van der Waals surface area contributed by atoms with Crippen LogP contribution >= 0.6 is 0 Å². The average molecular weight is 290 g/mol. The third kappa shape index (κ3) is 3.15. The molecule has 0 aromatic carbocycles. The molecule has 0 saturated carbocycles. The predicted octanol–water partition coefficient (Wildman–Crippen LogP) is 0.940. The van der Waals surface area contributed by atoms with E-state index in [0.717, 1.165) is 31.7 Å². The van der Waals surface area contributed by atoms with Crippen molar-refractivity contribution in [2.75, 3.05) is 37.7 Å². The van der Waals surface area contributed by atoms with Gasteiger partial charge in [-0.1, -0.05) is 0 Å². The summed E-state index contributed by atoms with van der Waals surface area (Å²) in [5, 5.41) is 0. The maximum atomic E-state index is 12.7. The molecule has 1 aromatic rings. The zero-order chi connectivity index (χ0) is 14.7. The van der Waals surface area contributed by atoms with Crippen LogP contribution in [0.15, 0.2) is 18.6 Å². The lowest BCUT2D eigenvalue weighted by Crippen LogP contribution is -2.52. The molecule has 0 aliphatic carbocycles. The summed E-state index contributed by atoms with van der Waals surface area (Å²) in [5.74, 6) is 1.19. The smallest absolute Gasteiger partial charge is 0.227 e. The van der Waals surface area contributed by atoms with E-state index in [1.54, 1.807) is 18.6 Å². The summed E-state index contributed by atoms with van der Waals surface area (Å²) in [5.41, 5.74) is 0. The van der Waals surface area contributed by atoms with Crippen molar-refractivity contribution < 1.29 is 9.53 Å². The Kier molecular flexibility index (Phi) is 4.34. The molecule has 2 fully saturated rings. The fourth-order valence-electron chi connectivity index (χ4n) is 3.13. The minimum absolute atomic E-state index is 0.0568. The zero-order valence-electron chi connectivity index (χ0n) is 12.4. The molecule has 0 spiro atoms. The Hall–Kier alpha value is -1.69. The van der Waals surface area contributed by atoms with Gasteiger partial charge in [0.25, 0.3) is 0 Å². The van der Waals surface area contributed by atoms with Gasteiger partial charge in [0.15, 0.2) is 0 Å². The summed E-state index contributed by atoms with van der Waals surface area (Å²) in [6.45, 7) is 5.74. The molecule has 3 heterocycles. The number of anilines is 1. The number of carbonyl (C=O) groups excluding carboxylic acids is 1. The average Bonchev–Trinajstić information content (AvgIpc) is 2.56. The maximum absolute atomic E-state index is 12.7. The van der Waals surface area contributed by atoms with Crippen LogP contribution in [-0.2, 0) is 9.53 Å². The molecule has 2 saturated heterocycles. The van der Waals surface area contributed by atoms with E-state index >= 15 is 0 Å². The van der Waals surface area contributed by atoms with Gasteiger partial charge < -0.3 is 14.5 Å². The first-order chi connectivity index (χ1) is 10.3. The molecule has 0 bridgehead atoms. The standard InChI is InChI=1S/C15H22N4O2/c1-12-11-21-8-7-19(12)15(20)13-3-2-6-18(10-13)14-9-16-4-5-17-14/h4-5,9,12-13H,2-3,6-8,10-11H2,1H3. The number of morpholine rings is 1. The molecule has 6 heteroatoms. The number of rotatable bonds is 2. The monoisotopic (exact) mass is 290 g/mol. The Labute approximate surface area is 125 Å². The molecule has 21 heavy (non-hydrogen) atoms. The van der Waals surface area contributed by atoms with E-state index < -0.39 is 0 Å². The number of nitrogens with zero attached hydrogens (tertiary/aromatic N) is 4. The molecule has 1 amide bonds. The van der Waals surface area contributed by atoms with Gasteiger partial charge in [-0.25, -0.2) is 4.98 Å². The molecule has 114 valence electrons. The lowest BCUT2D eigenvalue weighted by Gasteiger charge is -2.39. The van der Waals surface area contributed by atoms with Crippen molar-refractivity contribution in [3.63, 3.8) is 0 Å². The van der Waals surface area contributed by atoms with Crippen LogP contribution in [0.25, 0.3) is 0 Å². The van der Waals surface area contributed by atoms with E-state index in [1.165, 1.54) is 0 Å². The summed E-state index contributed by atoms with van der Waals surface area (Å²) in [7, 11) is 0. The van der Waals surface area contributed by atoms with Crippen molar-refractivity contribution >= 4 is 11.7 Å². The predicted molar refractivity (Wildman–Crippen MR) is 79.0 cm³/mol. The van der Waals surface area contributed by atoms with Crippen LogP contribution in [0.1, 0.15) is 19.8 Å². The molecule has 6 nitrogen and oxygen atoms in total. The highest BCUT2D eigenvalue weighted by atomic mass is 16.5. The third-order valence-electron chi connectivity index (χ3n) is 4.29. The minimum Gasteiger partial charge on any atom is -0.377 e. The van der Waals surface area contributed by atoms with Gasteiger partial charge in [-0.3, -0.25) is 9.78 Å². The van der Waals surface area contributed by atoms with Crippen molar-refractivity contribution in [1.82, 2.24) is 14.9 Å². The second-order valence-corrected chi connectivity index (χ2v) is 5.80. The number of ether oxygens (including phenoxy) is 1. The number of hydrogen-bond donors (Lipinski definition) is 0. The van der Waals surface area contributed by atoms with Gasteiger partial charge in [0.2, 0.25) is 5.91 Å². The Morgan fingerprint density at radius 1 is 1.38 bits per heavy atom. The Balaban J connectivity index is 1.67. The van der Waals surface area contributed by atoms with Crippen molar-refractivity contribution in [2.24, 2.45) is 5.92 Å². The topological polar surface area (TPSA) is 58.6 Å². The van der Waals surface area contributed by atoms with Crippen LogP contribution in [0.5, 0.6) is 0 Å². The van der Waals surface area contributed by atoms with Crippen LogP contribution < -0.4 is 4.90 Å². The van der Waals surface area contributed by atoms with Gasteiger partial charge >= 0.3 is 0 Å². The number of aromatic nitrogens is 2. The first-order valence-corrected chi connectivity index (χ1v) is 7.65. The fraction of sp³-hybridized carbons (Fsp3) is 0.667. The second kappa shape index (κ2) is 6.39. The summed E-state index contributed by atoms with van der Waals surface area (Å²) < 4.78 is 5.42. The molecule has 1 aromatic heterocycles. The fourth-order valence-corrected chi connectivity index (χ4v) is 3.13. The molecular formula is C15H22N4O2. The minimum atomic E-state index is 0.0568. The zero-order valence-corrected chi connectivity index (χ0v) is 12.4. The van der Waals surface area contributed by atoms with Gasteiger partial charge in [-0.2, -0.15) is 0 Å². The van der Waals surface area contributed by atoms with E-state index in [4.69, 9.17) is 4.74 Å². The lowest BCUT2D eigenvalue weighted by atomic mass is 9.95. The van der Waals surface area contributed by atoms with E-state index in [-0.39, 0.29) is 17.9 Å². The number of amides is 1. The molecule has 2 aliphatic rings. The highest BCUT2D eigenvalue weighted by Gasteiger charge is 2.33. The summed E-state index contributed by atoms with van der Waals surface area (Å²) >= 11 is 0. The highest BCUT2D eigenvalue weighted by molar-refractivity contribution is 5.80. The molecule has 0 radical (unpaired) electrons. The molecular weight excluding hydrogens is 268 g/mol. The normalized spacial score (nSPS) is 26.7. The van der Waals surface area contributed by atoms with E-state index in [0.29, 0.717) is 19.8 Å². The maximum Gasteiger partial charge on any atom is 0.227 e. The number of carbonyl (C=O) groups is 1. The largest absolute Gasteiger partial charge is 0.377 e. The third-order valence-corrected chi connectivity index (χ3v) is 4.29. The van der Waals surface area contributed by atoms with Crippen LogP contribution in [-0.4, -0.2) is 59.7 Å². The van der Waals surface area contributed by atoms with Crippen LogP contribution in [0.3, 0.4) is 0 Å². The summed E-state index contributed by atoms with van der Waals surface area (Å²) in [6.07, 6.45) is 7.12. The Morgan fingerprint density at radius 3 is 3.05 bits per heavy atom. The Morgan fingerprint density at radius 2 is 2.29 bits per heavy atom. The van der Waals surface area contributed by atoms with Crippen LogP contribution in [0.2, 0.25) is 0 Å². The van der Waals surface area contributed by atoms with E-state index in [1.807, 2.05) is 4.90 Å². The first kappa shape index (κ1) is 14.3. The van der Waals surface area contributed by atoms with Crippen molar-refractivity contribution in [3.05, 3.63) is 18.6 Å². The van der Waals surface area contributed by atoms with E-state index in [9.17, 15) is 4.79 Å². The van der Waals surface area contributed by atoms with Crippen molar-refractivity contribution in [2.45, 2.75) is 25.8 Å².